The summed E-state index contributed by atoms with van der Waals surface area (Å²) in [6, 6.07) is 0.249. The molecule has 0 aliphatic rings. The molecule has 0 aromatic carbocycles. The molecule has 0 rings (SSSR count). The summed E-state index contributed by atoms with van der Waals surface area (Å²) in [5, 5.41) is 18.3. The van der Waals surface area contributed by atoms with Gasteiger partial charge in [-0.2, -0.15) is 0 Å². The van der Waals surface area contributed by atoms with Gasteiger partial charge in [0.05, 0.1) is 20.1 Å². The van der Waals surface area contributed by atoms with Gasteiger partial charge in [-0.1, -0.05) is 13.8 Å². The predicted octanol–water partition coefficient (Wildman–Crippen LogP) is 1.17. The van der Waals surface area contributed by atoms with E-state index in [-0.39, 0.29) is 6.04 Å². The van der Waals surface area contributed by atoms with Crippen LogP contribution in [-0.4, -0.2) is 31.8 Å². The number of nitrogens with zero attached hydrogens (tertiary/aromatic N) is 3. The first-order valence-electron chi connectivity index (χ1n) is 5.37. The van der Waals surface area contributed by atoms with Gasteiger partial charge in [-0.15, -0.1) is 0 Å². The minimum Gasteiger partial charge on any atom is -0.636 e. The molecule has 0 bridgehead atoms. The Bertz CT molecular complexity index is 194. The van der Waals surface area contributed by atoms with E-state index in [1.165, 1.54) is 4.90 Å². The van der Waals surface area contributed by atoms with Crippen molar-refractivity contribution in [1.29, 1.82) is 0 Å². The van der Waals surface area contributed by atoms with E-state index in [9.17, 15) is 5.26 Å². The molecule has 1 N–H and O–H groups in total. The molecule has 0 aromatic heterocycles. The highest BCUT2D eigenvalue weighted by atomic mass is 128. The summed E-state index contributed by atoms with van der Waals surface area (Å²) in [5.74, 6) is 0.586. The van der Waals surface area contributed by atoms with E-state index in [2.05, 4.69) is 73.5 Å². The Balaban J connectivity index is 0. The number of halogens is 2. The van der Waals surface area contributed by atoms with Crippen LogP contribution in [0, 0.1) is 5.92 Å². The summed E-state index contributed by atoms with van der Waals surface area (Å²) in [6.45, 7) is 7.06. The molecule has 0 aromatic rings. The molecule has 0 radical (unpaired) electrons. The fourth-order valence-corrected chi connectivity index (χ4v) is 1.47. The van der Waals surface area contributed by atoms with Crippen LogP contribution in [0.3, 0.4) is 0 Å². The number of rotatable bonds is 7. The van der Waals surface area contributed by atoms with E-state index in [0.29, 0.717) is 12.6 Å². The smallest absolute Gasteiger partial charge is 0.170 e. The van der Waals surface area contributed by atoms with Crippen LogP contribution in [0.25, 0.3) is 0 Å². The monoisotopic (exact) mass is 472 g/mol. The molecule has 6 nitrogen and oxygen atoms in total. The fourth-order valence-electron chi connectivity index (χ4n) is 1.47. The fraction of sp³-hybridized carbons (Fsp3) is 1.00. The lowest BCUT2D eigenvalue weighted by Gasteiger charge is -2.26. The molecule has 104 valence electrons. The molecule has 1 unspecified atom stereocenters. The van der Waals surface area contributed by atoms with Crippen molar-refractivity contribution in [3.63, 3.8) is 0 Å². The summed E-state index contributed by atoms with van der Waals surface area (Å²) in [4.78, 5) is 4.58. The molecule has 17 heavy (non-hydrogen) atoms. The van der Waals surface area contributed by atoms with Crippen LogP contribution in [-0.2, 0) is 4.99 Å². The molecule has 0 saturated carbocycles. The van der Waals surface area contributed by atoms with Crippen molar-refractivity contribution >= 4 is 37.2 Å². The van der Waals surface area contributed by atoms with Crippen molar-refractivity contribution in [2.24, 2.45) is 16.4 Å². The molecule has 0 amide bonds. The van der Waals surface area contributed by atoms with Crippen molar-refractivity contribution in [3.8, 4) is 0 Å². The lowest BCUT2D eigenvalue weighted by atomic mass is 10.1. The third-order valence-corrected chi connectivity index (χ3v) is 1.98. The number of hydrogen-bond donors (Lipinski definition) is 1. The SMILES string of the molecule is CC(C)CC(C)N(C[NH+](C)C)/N=N/O[O-].II. The molecular weight excluding hydrogens is 450 g/mol. The zero-order chi connectivity index (χ0) is 13.8. The van der Waals surface area contributed by atoms with Gasteiger partial charge in [-0.3, -0.25) is 0 Å². The van der Waals surface area contributed by atoms with Crippen molar-refractivity contribution in [2.45, 2.75) is 33.2 Å². The summed E-state index contributed by atoms with van der Waals surface area (Å²) in [7, 11) is 4.03. The molecule has 0 aliphatic carbocycles. The van der Waals surface area contributed by atoms with Gasteiger partial charge in [0.2, 0.25) is 0 Å². The molecule has 1 atom stereocenters. The molecule has 0 heterocycles. The molecule has 0 aliphatic heterocycles. The van der Waals surface area contributed by atoms with Gasteiger partial charge >= 0.3 is 0 Å². The Morgan fingerprint density at radius 1 is 1.29 bits per heavy atom. The maximum atomic E-state index is 9.77. The second-order valence-electron chi connectivity index (χ2n) is 4.53. The Morgan fingerprint density at radius 2 is 1.82 bits per heavy atom. The summed E-state index contributed by atoms with van der Waals surface area (Å²) in [5.41, 5.74) is 0. The third kappa shape index (κ3) is 12.8. The highest BCUT2D eigenvalue weighted by Crippen LogP contribution is 2.10. The zero-order valence-electron chi connectivity index (χ0n) is 11.0. The summed E-state index contributed by atoms with van der Waals surface area (Å²) in [6.07, 6.45) is 1.01. The lowest BCUT2D eigenvalue weighted by molar-refractivity contribution is -0.870. The molecule has 0 saturated heterocycles. The highest BCUT2D eigenvalue weighted by molar-refractivity contribution is 15.0. The molecular formula is C9H22I2N4O2. The van der Waals surface area contributed by atoms with Gasteiger partial charge in [-0.05, 0) is 24.5 Å². The van der Waals surface area contributed by atoms with Crippen molar-refractivity contribution in [1.82, 2.24) is 5.01 Å². The van der Waals surface area contributed by atoms with Crippen molar-refractivity contribution in [3.05, 3.63) is 0 Å². The van der Waals surface area contributed by atoms with Crippen LogP contribution in [0.1, 0.15) is 27.2 Å². The Morgan fingerprint density at radius 3 is 2.18 bits per heavy atom. The minimum atomic E-state index is 0.249. The predicted molar refractivity (Wildman–Crippen MR) is 82.4 cm³/mol. The van der Waals surface area contributed by atoms with Crippen LogP contribution in [0.2, 0.25) is 0 Å². The van der Waals surface area contributed by atoms with Crippen molar-refractivity contribution in [2.75, 3.05) is 20.8 Å². The van der Waals surface area contributed by atoms with Gasteiger partial charge in [0.25, 0.3) is 0 Å². The van der Waals surface area contributed by atoms with Gasteiger partial charge in [0, 0.05) is 42.5 Å². The second-order valence-corrected chi connectivity index (χ2v) is 4.53. The summed E-state index contributed by atoms with van der Waals surface area (Å²) < 4.78 is 0. The zero-order valence-corrected chi connectivity index (χ0v) is 15.3. The Labute approximate surface area is 127 Å². The van der Waals surface area contributed by atoms with Gasteiger partial charge in [0.1, 0.15) is 0 Å². The first-order chi connectivity index (χ1) is 7.97. The van der Waals surface area contributed by atoms with Gasteiger partial charge in [0.15, 0.2) is 6.67 Å². The molecule has 0 fully saturated rings. The maximum absolute atomic E-state index is 9.77. The first-order valence-corrected chi connectivity index (χ1v) is 11.7. The van der Waals surface area contributed by atoms with E-state index in [0.717, 1.165) is 6.42 Å². The Hall–Kier alpha value is 0.580. The van der Waals surface area contributed by atoms with Crippen LogP contribution < -0.4 is 10.2 Å². The van der Waals surface area contributed by atoms with Crippen LogP contribution in [0.4, 0.5) is 0 Å². The van der Waals surface area contributed by atoms with E-state index < -0.39 is 0 Å². The van der Waals surface area contributed by atoms with Gasteiger partial charge in [-0.25, -0.2) is 5.01 Å². The lowest BCUT2D eigenvalue weighted by Crippen LogP contribution is -3.07. The van der Waals surface area contributed by atoms with E-state index in [1.807, 2.05) is 14.1 Å². The van der Waals surface area contributed by atoms with E-state index in [4.69, 9.17) is 0 Å². The average Bonchev–Trinajstić information content (AvgIpc) is 2.25. The summed E-state index contributed by atoms with van der Waals surface area (Å²) >= 11 is 4.24. The minimum absolute atomic E-state index is 0.249. The van der Waals surface area contributed by atoms with Crippen LogP contribution in [0.15, 0.2) is 10.5 Å². The van der Waals surface area contributed by atoms with Crippen LogP contribution >= 0.6 is 37.2 Å². The Kier molecular flexibility index (Phi) is 15.3. The van der Waals surface area contributed by atoms with E-state index in [1.54, 1.807) is 5.01 Å². The van der Waals surface area contributed by atoms with Gasteiger partial charge < -0.3 is 15.1 Å². The number of hydrogen-bond acceptors (Lipinski definition) is 4. The largest absolute Gasteiger partial charge is 0.636 e. The molecule has 0 spiro atoms. The number of quaternary nitrogens is 1. The van der Waals surface area contributed by atoms with Crippen LogP contribution in [0.5, 0.6) is 0 Å². The number of nitrogens with one attached hydrogen (secondary N) is 1. The maximum Gasteiger partial charge on any atom is 0.170 e. The second kappa shape index (κ2) is 13.0. The molecule has 8 heteroatoms. The average molecular weight is 472 g/mol. The standard InChI is InChI=1S/C9H22N4O2.I2/c1-8(2)6-9(3)13(7-12(4)5)10-11-15-14;1-2/h8-9,14H,6-7H2,1-5H3;/b11-10+;. The van der Waals surface area contributed by atoms with Crippen molar-refractivity contribution < 1.29 is 15.1 Å². The normalized spacial score (nSPS) is 12.6. The quantitative estimate of drug-likeness (QED) is 0.199. The topological polar surface area (TPSA) is 64.7 Å². The first kappa shape index (κ1) is 19.9. The highest BCUT2D eigenvalue weighted by Gasteiger charge is 2.16. The third-order valence-electron chi connectivity index (χ3n) is 1.98. The van der Waals surface area contributed by atoms with E-state index >= 15 is 0 Å².